The number of H-pyrrole nitrogens is 1. The van der Waals surface area contributed by atoms with Crippen molar-refractivity contribution < 1.29 is 18.0 Å². The molecule has 5 rings (SSSR count). The highest BCUT2D eigenvalue weighted by Gasteiger charge is 2.32. The number of benzene rings is 2. The summed E-state index contributed by atoms with van der Waals surface area (Å²) in [6, 6.07) is 11.0. The average Bonchev–Trinajstić information content (AvgIpc) is 3.50. The van der Waals surface area contributed by atoms with Crippen LogP contribution in [0.4, 0.5) is 13.2 Å². The number of aromatic nitrogens is 6. The zero-order chi connectivity index (χ0) is 27.9. The van der Waals surface area contributed by atoms with Gasteiger partial charge in [0.25, 0.3) is 5.91 Å². The third-order valence-electron chi connectivity index (χ3n) is 6.46. The van der Waals surface area contributed by atoms with E-state index in [-0.39, 0.29) is 17.1 Å². The summed E-state index contributed by atoms with van der Waals surface area (Å²) >= 11 is 6.42. The van der Waals surface area contributed by atoms with Crippen LogP contribution in [0.2, 0.25) is 5.02 Å². The van der Waals surface area contributed by atoms with Gasteiger partial charge in [-0.1, -0.05) is 17.7 Å². The molecule has 0 radical (unpaired) electrons. The number of alkyl halides is 3. The number of imidazole rings is 1. The van der Waals surface area contributed by atoms with E-state index in [0.717, 1.165) is 28.9 Å². The van der Waals surface area contributed by atoms with Gasteiger partial charge in [0.05, 0.1) is 33.2 Å². The maximum atomic E-state index is 13.1. The standard InChI is InChI=1S/C27H23ClF3N7O/c1-14-8-22-23(9-15(14)2)36-25(35-22)20(17-4-7-24(32-11-17)27(29,30)31)12-33-26(39)19-6-5-18(10-21(19)28)38-13-34-16(3)37-38/h4-11,13,20H,12H2,1-3H3,(H,33,39)(H,35,36). The Kier molecular flexibility index (Phi) is 6.85. The van der Waals surface area contributed by atoms with Gasteiger partial charge in [0.1, 0.15) is 23.7 Å². The minimum absolute atomic E-state index is 0.0318. The van der Waals surface area contributed by atoms with E-state index in [1.807, 2.05) is 26.0 Å². The van der Waals surface area contributed by atoms with E-state index in [2.05, 4.69) is 30.4 Å². The number of pyridine rings is 1. The molecule has 1 atom stereocenters. The van der Waals surface area contributed by atoms with Gasteiger partial charge in [-0.25, -0.2) is 14.6 Å². The predicted octanol–water partition coefficient (Wildman–Crippen LogP) is 5.70. The first-order valence-electron chi connectivity index (χ1n) is 12.0. The van der Waals surface area contributed by atoms with E-state index in [4.69, 9.17) is 11.6 Å². The Morgan fingerprint density at radius 3 is 2.49 bits per heavy atom. The van der Waals surface area contributed by atoms with E-state index in [1.165, 1.54) is 6.07 Å². The molecule has 12 heteroatoms. The molecule has 0 saturated heterocycles. The Balaban J connectivity index is 1.43. The number of hydrogen-bond donors (Lipinski definition) is 2. The third-order valence-corrected chi connectivity index (χ3v) is 6.77. The molecule has 2 aromatic carbocycles. The van der Waals surface area contributed by atoms with Gasteiger partial charge in [-0.3, -0.25) is 9.78 Å². The van der Waals surface area contributed by atoms with Crippen molar-refractivity contribution in [2.45, 2.75) is 32.9 Å². The highest BCUT2D eigenvalue weighted by atomic mass is 35.5. The molecule has 0 aliphatic carbocycles. The summed E-state index contributed by atoms with van der Waals surface area (Å²) in [6.45, 7) is 5.74. The number of rotatable bonds is 6. The number of carbonyl (C=O) groups is 1. The number of carbonyl (C=O) groups excluding carboxylic acids is 1. The second-order valence-corrected chi connectivity index (χ2v) is 9.62. The van der Waals surface area contributed by atoms with Crippen LogP contribution in [0, 0.1) is 20.8 Å². The van der Waals surface area contributed by atoms with Gasteiger partial charge in [0.15, 0.2) is 0 Å². The lowest BCUT2D eigenvalue weighted by Crippen LogP contribution is -2.29. The number of amides is 1. The highest BCUT2D eigenvalue weighted by molar-refractivity contribution is 6.34. The van der Waals surface area contributed by atoms with Crippen LogP contribution in [0.1, 0.15) is 50.3 Å². The Bertz CT molecular complexity index is 1640. The fourth-order valence-corrected chi connectivity index (χ4v) is 4.46. The van der Waals surface area contributed by atoms with Gasteiger partial charge in [0, 0.05) is 12.7 Å². The lowest BCUT2D eigenvalue weighted by molar-refractivity contribution is -0.141. The lowest BCUT2D eigenvalue weighted by atomic mass is 9.99. The van der Waals surface area contributed by atoms with Crippen LogP contribution in [0.15, 0.2) is 55.0 Å². The maximum absolute atomic E-state index is 13.1. The van der Waals surface area contributed by atoms with Crippen LogP contribution in [0.5, 0.6) is 0 Å². The van der Waals surface area contributed by atoms with E-state index >= 15 is 0 Å². The van der Waals surface area contributed by atoms with Crippen LogP contribution in [0.3, 0.4) is 0 Å². The monoisotopic (exact) mass is 553 g/mol. The molecule has 3 heterocycles. The fraction of sp³-hybridized carbons (Fsp3) is 0.222. The van der Waals surface area contributed by atoms with Crippen molar-refractivity contribution in [1.29, 1.82) is 0 Å². The number of nitrogens with one attached hydrogen (secondary N) is 2. The van der Waals surface area contributed by atoms with Crippen molar-refractivity contribution in [3.8, 4) is 5.69 Å². The molecule has 200 valence electrons. The molecule has 2 N–H and O–H groups in total. The van der Waals surface area contributed by atoms with Crippen LogP contribution in [-0.4, -0.2) is 42.2 Å². The molecule has 0 bridgehead atoms. The van der Waals surface area contributed by atoms with Crippen molar-refractivity contribution in [2.75, 3.05) is 6.54 Å². The molecule has 0 aliphatic heterocycles. The quantitative estimate of drug-likeness (QED) is 0.281. The normalized spacial score (nSPS) is 12.6. The smallest absolute Gasteiger partial charge is 0.351 e. The number of halogens is 4. The molecule has 0 spiro atoms. The van der Waals surface area contributed by atoms with Crippen molar-refractivity contribution >= 4 is 28.5 Å². The number of aromatic amines is 1. The molecule has 0 aliphatic rings. The van der Waals surface area contributed by atoms with Crippen molar-refractivity contribution in [2.24, 2.45) is 0 Å². The predicted molar refractivity (Wildman–Crippen MR) is 140 cm³/mol. The van der Waals surface area contributed by atoms with E-state index in [9.17, 15) is 18.0 Å². The third kappa shape index (κ3) is 5.49. The van der Waals surface area contributed by atoms with Crippen LogP contribution < -0.4 is 5.32 Å². The summed E-state index contributed by atoms with van der Waals surface area (Å²) in [4.78, 5) is 28.7. The zero-order valence-corrected chi connectivity index (χ0v) is 21.9. The average molecular weight is 554 g/mol. The summed E-state index contributed by atoms with van der Waals surface area (Å²) in [7, 11) is 0. The second-order valence-electron chi connectivity index (χ2n) is 9.21. The molecule has 0 saturated carbocycles. The molecular formula is C27H23ClF3N7O. The summed E-state index contributed by atoms with van der Waals surface area (Å²) in [5.74, 6) is 0.0226. The molecule has 0 fully saturated rings. The van der Waals surface area contributed by atoms with Gasteiger partial charge < -0.3 is 10.3 Å². The minimum atomic E-state index is -4.56. The SMILES string of the molecule is Cc1ncn(-c2ccc(C(=O)NCC(c3ccc(C(F)(F)F)nc3)c3nc4cc(C)c(C)cc4[nH]3)c(Cl)c2)n1. The molecular weight excluding hydrogens is 531 g/mol. The molecule has 5 aromatic rings. The first kappa shape index (κ1) is 26.4. The van der Waals surface area contributed by atoms with Crippen LogP contribution >= 0.6 is 11.6 Å². The Labute approximate surface area is 226 Å². The van der Waals surface area contributed by atoms with Gasteiger partial charge in [-0.05, 0) is 73.9 Å². The van der Waals surface area contributed by atoms with E-state index in [1.54, 1.807) is 36.1 Å². The number of fused-ring (bicyclic) bond motifs is 1. The van der Waals surface area contributed by atoms with Gasteiger partial charge in [-0.2, -0.15) is 18.3 Å². The van der Waals surface area contributed by atoms with Crippen molar-refractivity contribution in [3.05, 3.63) is 99.6 Å². The van der Waals surface area contributed by atoms with E-state index < -0.39 is 23.7 Å². The van der Waals surface area contributed by atoms with Crippen molar-refractivity contribution in [3.63, 3.8) is 0 Å². The summed E-state index contributed by atoms with van der Waals surface area (Å²) < 4.78 is 40.9. The second kappa shape index (κ2) is 10.1. The first-order valence-corrected chi connectivity index (χ1v) is 12.3. The number of hydrogen-bond acceptors (Lipinski definition) is 5. The van der Waals surface area contributed by atoms with Crippen LogP contribution in [0.25, 0.3) is 16.7 Å². The van der Waals surface area contributed by atoms with Gasteiger partial charge in [0.2, 0.25) is 0 Å². The Morgan fingerprint density at radius 1 is 1.08 bits per heavy atom. The molecule has 8 nitrogen and oxygen atoms in total. The largest absolute Gasteiger partial charge is 0.433 e. The van der Waals surface area contributed by atoms with Crippen molar-refractivity contribution in [1.82, 2.24) is 35.0 Å². The molecule has 39 heavy (non-hydrogen) atoms. The minimum Gasteiger partial charge on any atom is -0.351 e. The summed E-state index contributed by atoms with van der Waals surface area (Å²) in [6.07, 6.45) is -1.87. The topological polar surface area (TPSA) is 101 Å². The fourth-order valence-electron chi connectivity index (χ4n) is 4.20. The summed E-state index contributed by atoms with van der Waals surface area (Å²) in [5, 5.41) is 7.29. The number of nitrogens with zero attached hydrogens (tertiary/aromatic N) is 5. The zero-order valence-electron chi connectivity index (χ0n) is 21.1. The lowest BCUT2D eigenvalue weighted by Gasteiger charge is -2.17. The summed E-state index contributed by atoms with van der Waals surface area (Å²) in [5.41, 5.74) is 3.95. The van der Waals surface area contributed by atoms with Gasteiger partial charge >= 0.3 is 6.18 Å². The molecule has 1 unspecified atom stereocenters. The Hall–Kier alpha value is -4.25. The van der Waals surface area contributed by atoms with E-state index in [0.29, 0.717) is 28.4 Å². The number of aryl methyl sites for hydroxylation is 3. The van der Waals surface area contributed by atoms with Gasteiger partial charge in [-0.15, -0.1) is 0 Å². The maximum Gasteiger partial charge on any atom is 0.433 e. The van der Waals surface area contributed by atoms with Crippen LogP contribution in [-0.2, 0) is 6.18 Å². The molecule has 3 aromatic heterocycles. The Morgan fingerprint density at radius 2 is 1.85 bits per heavy atom. The molecule has 1 amide bonds. The first-order chi connectivity index (χ1) is 18.5. The highest BCUT2D eigenvalue weighted by Crippen LogP contribution is 2.30.